The molecule has 0 heterocycles. The minimum Gasteiger partial charge on any atom is -0.396 e. The SMILES string of the molecule is CC(CO)(CO)COS(=O)(=O)O. The minimum absolute atomic E-state index is 0.432. The van der Waals surface area contributed by atoms with Gasteiger partial charge in [-0.15, -0.1) is 0 Å². The van der Waals surface area contributed by atoms with Gasteiger partial charge in [0.1, 0.15) is 0 Å². The first-order valence-electron chi connectivity index (χ1n) is 3.16. The average molecular weight is 200 g/mol. The Morgan fingerprint density at radius 3 is 2.00 bits per heavy atom. The molecule has 0 aromatic rings. The molecule has 12 heavy (non-hydrogen) atoms. The van der Waals surface area contributed by atoms with Crippen molar-refractivity contribution < 1.29 is 27.4 Å². The molecule has 6 nitrogen and oxygen atoms in total. The molecule has 0 radical (unpaired) electrons. The number of aliphatic hydroxyl groups excluding tert-OH is 2. The second-order valence-corrected chi connectivity index (χ2v) is 3.91. The van der Waals surface area contributed by atoms with Gasteiger partial charge in [0.25, 0.3) is 0 Å². The van der Waals surface area contributed by atoms with E-state index in [2.05, 4.69) is 4.18 Å². The largest absolute Gasteiger partial charge is 0.397 e. The van der Waals surface area contributed by atoms with Crippen molar-refractivity contribution in [1.29, 1.82) is 0 Å². The van der Waals surface area contributed by atoms with Crippen LogP contribution in [-0.4, -0.2) is 43.0 Å². The van der Waals surface area contributed by atoms with Gasteiger partial charge in [-0.3, -0.25) is 4.55 Å². The van der Waals surface area contributed by atoms with Crippen LogP contribution in [-0.2, 0) is 14.6 Å². The van der Waals surface area contributed by atoms with Gasteiger partial charge in [0, 0.05) is 5.41 Å². The highest BCUT2D eigenvalue weighted by molar-refractivity contribution is 7.80. The number of aliphatic hydroxyl groups is 2. The van der Waals surface area contributed by atoms with E-state index in [1.807, 2.05) is 0 Å². The maximum Gasteiger partial charge on any atom is 0.397 e. The molecule has 0 aliphatic heterocycles. The molecule has 0 fully saturated rings. The maximum absolute atomic E-state index is 10.1. The minimum atomic E-state index is -4.50. The molecular weight excluding hydrogens is 188 g/mol. The molecule has 0 spiro atoms. The van der Waals surface area contributed by atoms with Gasteiger partial charge in [-0.25, -0.2) is 4.18 Å². The van der Waals surface area contributed by atoms with Crippen molar-refractivity contribution in [1.82, 2.24) is 0 Å². The summed E-state index contributed by atoms with van der Waals surface area (Å²) in [5, 5.41) is 17.3. The molecule has 0 aromatic carbocycles. The van der Waals surface area contributed by atoms with Crippen LogP contribution in [0.3, 0.4) is 0 Å². The van der Waals surface area contributed by atoms with Crippen LogP contribution in [0, 0.1) is 5.41 Å². The van der Waals surface area contributed by atoms with Crippen LogP contribution in [0.5, 0.6) is 0 Å². The molecule has 0 aliphatic rings. The van der Waals surface area contributed by atoms with Crippen LogP contribution in [0.2, 0.25) is 0 Å². The smallest absolute Gasteiger partial charge is 0.396 e. The highest BCUT2D eigenvalue weighted by Crippen LogP contribution is 2.15. The summed E-state index contributed by atoms with van der Waals surface area (Å²) in [6.07, 6.45) is 0. The third-order valence-corrected chi connectivity index (χ3v) is 1.74. The van der Waals surface area contributed by atoms with Gasteiger partial charge in [0.15, 0.2) is 0 Å². The molecule has 0 rings (SSSR count). The van der Waals surface area contributed by atoms with E-state index in [0.29, 0.717) is 0 Å². The second kappa shape index (κ2) is 4.15. The quantitative estimate of drug-likeness (QED) is 0.481. The summed E-state index contributed by atoms with van der Waals surface area (Å²) in [7, 11) is -4.50. The lowest BCUT2D eigenvalue weighted by molar-refractivity contribution is 0.0273. The maximum atomic E-state index is 10.1. The fourth-order valence-electron chi connectivity index (χ4n) is 0.358. The summed E-state index contributed by atoms with van der Waals surface area (Å²) in [6, 6.07) is 0. The van der Waals surface area contributed by atoms with Crippen molar-refractivity contribution in [2.24, 2.45) is 5.41 Å². The van der Waals surface area contributed by atoms with E-state index >= 15 is 0 Å². The lowest BCUT2D eigenvalue weighted by Crippen LogP contribution is -2.32. The normalized spacial score (nSPS) is 13.3. The summed E-state index contributed by atoms with van der Waals surface area (Å²) in [4.78, 5) is 0. The van der Waals surface area contributed by atoms with E-state index in [1.54, 1.807) is 0 Å². The highest BCUT2D eigenvalue weighted by atomic mass is 32.3. The monoisotopic (exact) mass is 200 g/mol. The first kappa shape index (κ1) is 11.8. The van der Waals surface area contributed by atoms with E-state index in [1.165, 1.54) is 6.92 Å². The molecule has 0 amide bonds. The van der Waals surface area contributed by atoms with Gasteiger partial charge >= 0.3 is 10.4 Å². The van der Waals surface area contributed by atoms with Crippen molar-refractivity contribution in [2.75, 3.05) is 19.8 Å². The van der Waals surface area contributed by atoms with Gasteiger partial charge in [0.2, 0.25) is 0 Å². The number of hydrogen-bond acceptors (Lipinski definition) is 5. The van der Waals surface area contributed by atoms with Crippen molar-refractivity contribution in [3.05, 3.63) is 0 Å². The lowest BCUT2D eigenvalue weighted by Gasteiger charge is -2.22. The first-order valence-corrected chi connectivity index (χ1v) is 4.53. The van der Waals surface area contributed by atoms with Crippen LogP contribution in [0.25, 0.3) is 0 Å². The Labute approximate surface area is 70.7 Å². The Morgan fingerprint density at radius 2 is 1.75 bits per heavy atom. The van der Waals surface area contributed by atoms with E-state index in [4.69, 9.17) is 14.8 Å². The zero-order valence-corrected chi connectivity index (χ0v) is 7.41. The molecule has 0 aromatic heterocycles. The molecule has 0 bridgehead atoms. The number of rotatable bonds is 5. The molecule has 7 heteroatoms. The van der Waals surface area contributed by atoms with Crippen LogP contribution < -0.4 is 0 Å². The topological polar surface area (TPSA) is 104 Å². The Balaban J connectivity index is 4.07. The second-order valence-electron chi connectivity index (χ2n) is 2.82. The third kappa shape index (κ3) is 4.62. The molecule has 0 saturated carbocycles. The predicted molar refractivity (Wildman–Crippen MR) is 39.8 cm³/mol. The summed E-state index contributed by atoms with van der Waals surface area (Å²) in [6.45, 7) is 0.0923. The van der Waals surface area contributed by atoms with E-state index in [-0.39, 0.29) is 0 Å². The van der Waals surface area contributed by atoms with Gasteiger partial charge < -0.3 is 10.2 Å². The lowest BCUT2D eigenvalue weighted by atomic mass is 9.95. The zero-order valence-electron chi connectivity index (χ0n) is 6.60. The fourth-order valence-corrected chi connectivity index (χ4v) is 0.791. The summed E-state index contributed by atoms with van der Waals surface area (Å²) < 4.78 is 32.3. The molecular formula is C5H12O6S. The fraction of sp³-hybridized carbons (Fsp3) is 1.00. The Kier molecular flexibility index (Phi) is 4.08. The predicted octanol–water partition coefficient (Wildman–Crippen LogP) is -1.20. The van der Waals surface area contributed by atoms with Crippen LogP contribution >= 0.6 is 0 Å². The van der Waals surface area contributed by atoms with Gasteiger partial charge in [0.05, 0.1) is 19.8 Å². The van der Waals surface area contributed by atoms with Crippen molar-refractivity contribution in [2.45, 2.75) is 6.92 Å². The van der Waals surface area contributed by atoms with Crippen LogP contribution in [0.1, 0.15) is 6.92 Å². The first-order chi connectivity index (χ1) is 5.33. The molecule has 3 N–H and O–H groups in total. The third-order valence-electron chi connectivity index (χ3n) is 1.32. The van der Waals surface area contributed by atoms with E-state index < -0.39 is 35.6 Å². The number of hydrogen-bond donors (Lipinski definition) is 3. The van der Waals surface area contributed by atoms with Gasteiger partial charge in [-0.2, -0.15) is 8.42 Å². The van der Waals surface area contributed by atoms with E-state index in [9.17, 15) is 8.42 Å². The standard InChI is InChI=1S/C5H12O6S/c1-5(2-6,3-7)4-11-12(8,9)10/h6-7H,2-4H2,1H3,(H,8,9,10). The Morgan fingerprint density at radius 1 is 1.33 bits per heavy atom. The van der Waals surface area contributed by atoms with E-state index in [0.717, 1.165) is 0 Å². The van der Waals surface area contributed by atoms with Crippen LogP contribution in [0.4, 0.5) is 0 Å². The molecule has 74 valence electrons. The highest BCUT2D eigenvalue weighted by Gasteiger charge is 2.25. The molecule has 0 aliphatic carbocycles. The average Bonchev–Trinajstić information content (AvgIpc) is 1.99. The van der Waals surface area contributed by atoms with Crippen molar-refractivity contribution in [3.8, 4) is 0 Å². The molecule has 0 unspecified atom stereocenters. The van der Waals surface area contributed by atoms with Crippen molar-refractivity contribution >= 4 is 10.4 Å². The zero-order chi connectivity index (χ0) is 9.83. The summed E-state index contributed by atoms with van der Waals surface area (Å²) in [5.41, 5.74) is -1.06. The molecule has 0 atom stereocenters. The Hall–Kier alpha value is -0.210. The van der Waals surface area contributed by atoms with Crippen molar-refractivity contribution in [3.63, 3.8) is 0 Å². The Bertz CT molecular complexity index is 216. The van der Waals surface area contributed by atoms with Gasteiger partial charge in [-0.1, -0.05) is 6.92 Å². The summed E-state index contributed by atoms with van der Waals surface area (Å²) in [5.74, 6) is 0. The van der Waals surface area contributed by atoms with Gasteiger partial charge in [-0.05, 0) is 0 Å². The summed E-state index contributed by atoms with van der Waals surface area (Å²) >= 11 is 0. The molecule has 0 saturated heterocycles. The van der Waals surface area contributed by atoms with Crippen LogP contribution in [0.15, 0.2) is 0 Å².